The van der Waals surface area contributed by atoms with Crippen LogP contribution in [0.25, 0.3) is 11.1 Å². The average molecular weight is 319 g/mol. The van der Waals surface area contributed by atoms with Crippen LogP contribution in [0.2, 0.25) is 0 Å². The summed E-state index contributed by atoms with van der Waals surface area (Å²) in [6, 6.07) is 14.8. The lowest BCUT2D eigenvalue weighted by molar-refractivity contribution is 0.532. The maximum Gasteiger partial charge on any atom is 0.0405 e. The standard InChI is InChI=1S/C23H29N/c1-6-24-17(5)16(4)22-13-19(9-10-23(22)24)18-7-8-20-11-14(2)15(3)21(20)12-18/h7-10,12-17H,6,11H2,1-5H3/t14-,15-,16-,17+/m1/s1. The Labute approximate surface area is 146 Å². The van der Waals surface area contributed by atoms with Crippen LogP contribution < -0.4 is 4.90 Å². The van der Waals surface area contributed by atoms with Gasteiger partial charge in [-0.1, -0.05) is 45.0 Å². The first kappa shape index (κ1) is 15.7. The minimum atomic E-state index is 0.598. The molecule has 0 spiro atoms. The fourth-order valence-corrected chi connectivity index (χ4v) is 4.78. The Hall–Kier alpha value is -1.76. The number of hydrogen-bond acceptors (Lipinski definition) is 1. The highest BCUT2D eigenvalue weighted by atomic mass is 15.2. The molecule has 4 atom stereocenters. The van der Waals surface area contributed by atoms with Gasteiger partial charge in [0.25, 0.3) is 0 Å². The van der Waals surface area contributed by atoms with Crippen LogP contribution in [0, 0.1) is 5.92 Å². The van der Waals surface area contributed by atoms with Gasteiger partial charge in [0.1, 0.15) is 0 Å². The van der Waals surface area contributed by atoms with Gasteiger partial charge in [0.2, 0.25) is 0 Å². The highest BCUT2D eigenvalue weighted by Gasteiger charge is 2.32. The molecule has 0 unspecified atom stereocenters. The molecule has 126 valence electrons. The van der Waals surface area contributed by atoms with Crippen molar-refractivity contribution in [2.24, 2.45) is 5.92 Å². The van der Waals surface area contributed by atoms with Crippen molar-refractivity contribution in [3.05, 3.63) is 53.1 Å². The van der Waals surface area contributed by atoms with Gasteiger partial charge in [0.15, 0.2) is 0 Å². The second kappa shape index (κ2) is 5.65. The van der Waals surface area contributed by atoms with Gasteiger partial charge >= 0.3 is 0 Å². The number of fused-ring (bicyclic) bond motifs is 2. The van der Waals surface area contributed by atoms with Crippen LogP contribution >= 0.6 is 0 Å². The first-order valence-corrected chi connectivity index (χ1v) is 9.55. The highest BCUT2D eigenvalue weighted by Crippen LogP contribution is 2.43. The van der Waals surface area contributed by atoms with E-state index in [0.717, 1.165) is 12.5 Å². The number of rotatable bonds is 2. The second-order valence-corrected chi connectivity index (χ2v) is 7.97. The van der Waals surface area contributed by atoms with Crippen LogP contribution in [-0.4, -0.2) is 12.6 Å². The molecule has 2 aromatic rings. The molecule has 0 saturated heterocycles. The predicted molar refractivity (Wildman–Crippen MR) is 104 cm³/mol. The van der Waals surface area contributed by atoms with Crippen LogP contribution in [0.15, 0.2) is 36.4 Å². The van der Waals surface area contributed by atoms with E-state index >= 15 is 0 Å². The maximum absolute atomic E-state index is 2.54. The molecule has 1 nitrogen and oxygen atoms in total. The first-order chi connectivity index (χ1) is 11.5. The molecule has 0 saturated carbocycles. The maximum atomic E-state index is 2.54. The minimum Gasteiger partial charge on any atom is -0.368 e. The highest BCUT2D eigenvalue weighted by molar-refractivity contribution is 5.73. The number of likely N-dealkylation sites (N-methyl/N-ethyl adjacent to an activating group) is 1. The molecule has 0 N–H and O–H groups in total. The zero-order chi connectivity index (χ0) is 17.0. The van der Waals surface area contributed by atoms with Crippen molar-refractivity contribution in [3.8, 4) is 11.1 Å². The van der Waals surface area contributed by atoms with Crippen molar-refractivity contribution in [2.45, 2.75) is 58.9 Å². The van der Waals surface area contributed by atoms with Crippen LogP contribution in [0.3, 0.4) is 0 Å². The smallest absolute Gasteiger partial charge is 0.0405 e. The topological polar surface area (TPSA) is 3.24 Å². The van der Waals surface area contributed by atoms with E-state index in [4.69, 9.17) is 0 Å². The van der Waals surface area contributed by atoms with E-state index in [1.807, 2.05) is 0 Å². The SMILES string of the molecule is CCN1c2ccc(-c3ccc4c(c3)[C@H](C)[C@H](C)C4)cc2[C@H](C)[C@@H]1C. The summed E-state index contributed by atoms with van der Waals surface area (Å²) in [5.74, 6) is 2.06. The molecule has 24 heavy (non-hydrogen) atoms. The summed E-state index contributed by atoms with van der Waals surface area (Å²) in [4.78, 5) is 2.54. The average Bonchev–Trinajstić information content (AvgIpc) is 3.01. The molecular weight excluding hydrogens is 290 g/mol. The van der Waals surface area contributed by atoms with Crippen LogP contribution in [0.1, 0.15) is 63.1 Å². The van der Waals surface area contributed by atoms with Gasteiger partial charge in [0.05, 0.1) is 0 Å². The Morgan fingerprint density at radius 2 is 1.54 bits per heavy atom. The van der Waals surface area contributed by atoms with Crippen molar-refractivity contribution in [2.75, 3.05) is 11.4 Å². The van der Waals surface area contributed by atoms with Gasteiger partial charge in [-0.3, -0.25) is 0 Å². The quantitative estimate of drug-likeness (QED) is 0.658. The second-order valence-electron chi connectivity index (χ2n) is 7.97. The van der Waals surface area contributed by atoms with E-state index in [1.165, 1.54) is 28.8 Å². The van der Waals surface area contributed by atoms with Gasteiger partial charge in [-0.15, -0.1) is 0 Å². The van der Waals surface area contributed by atoms with Crippen molar-refractivity contribution in [1.82, 2.24) is 0 Å². The zero-order valence-corrected chi connectivity index (χ0v) is 15.6. The molecule has 1 aliphatic heterocycles. The van der Waals surface area contributed by atoms with Gasteiger partial charge < -0.3 is 4.90 Å². The Morgan fingerprint density at radius 1 is 0.875 bits per heavy atom. The lowest BCUT2D eigenvalue weighted by Gasteiger charge is -2.24. The number of nitrogens with zero attached hydrogens (tertiary/aromatic N) is 1. The van der Waals surface area contributed by atoms with Gasteiger partial charge in [-0.25, -0.2) is 0 Å². The molecular formula is C23H29N. The Balaban J connectivity index is 1.75. The van der Waals surface area contributed by atoms with E-state index in [9.17, 15) is 0 Å². The van der Waals surface area contributed by atoms with E-state index < -0.39 is 0 Å². The third-order valence-corrected chi connectivity index (χ3v) is 6.75. The lowest BCUT2D eigenvalue weighted by atomic mass is 9.92. The molecule has 0 amide bonds. The summed E-state index contributed by atoms with van der Waals surface area (Å²) in [6.07, 6.45) is 1.24. The van der Waals surface area contributed by atoms with E-state index in [1.54, 1.807) is 11.1 Å². The molecule has 0 bridgehead atoms. The molecule has 1 aliphatic carbocycles. The zero-order valence-electron chi connectivity index (χ0n) is 15.6. The molecule has 0 radical (unpaired) electrons. The van der Waals surface area contributed by atoms with Crippen LogP contribution in [-0.2, 0) is 6.42 Å². The molecule has 0 fully saturated rings. The summed E-state index contributed by atoms with van der Waals surface area (Å²) in [6.45, 7) is 12.8. The fraction of sp³-hybridized carbons (Fsp3) is 0.478. The van der Waals surface area contributed by atoms with Crippen molar-refractivity contribution < 1.29 is 0 Å². The molecule has 2 aliphatic rings. The lowest BCUT2D eigenvalue weighted by Crippen LogP contribution is -2.30. The third-order valence-electron chi connectivity index (χ3n) is 6.75. The number of anilines is 1. The molecule has 1 heterocycles. The Kier molecular flexibility index (Phi) is 3.71. The van der Waals surface area contributed by atoms with E-state index in [0.29, 0.717) is 17.9 Å². The van der Waals surface area contributed by atoms with Crippen molar-refractivity contribution in [1.29, 1.82) is 0 Å². The summed E-state index contributed by atoms with van der Waals surface area (Å²) in [5, 5.41) is 0. The van der Waals surface area contributed by atoms with Crippen molar-refractivity contribution in [3.63, 3.8) is 0 Å². The summed E-state index contributed by atoms with van der Waals surface area (Å²) in [7, 11) is 0. The summed E-state index contributed by atoms with van der Waals surface area (Å²) in [5.41, 5.74) is 8.83. The molecule has 2 aromatic carbocycles. The van der Waals surface area contributed by atoms with Crippen LogP contribution in [0.5, 0.6) is 0 Å². The predicted octanol–water partition coefficient (Wildman–Crippen LogP) is 5.98. The summed E-state index contributed by atoms with van der Waals surface area (Å²) >= 11 is 0. The van der Waals surface area contributed by atoms with Crippen molar-refractivity contribution >= 4 is 5.69 Å². The minimum absolute atomic E-state index is 0.598. The first-order valence-electron chi connectivity index (χ1n) is 9.55. The van der Waals surface area contributed by atoms with E-state index in [-0.39, 0.29) is 0 Å². The summed E-state index contributed by atoms with van der Waals surface area (Å²) < 4.78 is 0. The van der Waals surface area contributed by atoms with Crippen LogP contribution in [0.4, 0.5) is 5.69 Å². The van der Waals surface area contributed by atoms with E-state index in [2.05, 4.69) is 75.9 Å². The fourth-order valence-electron chi connectivity index (χ4n) is 4.78. The number of benzene rings is 2. The largest absolute Gasteiger partial charge is 0.368 e. The monoisotopic (exact) mass is 319 g/mol. The Morgan fingerprint density at radius 3 is 2.25 bits per heavy atom. The normalized spacial score (nSPS) is 28.1. The van der Waals surface area contributed by atoms with Gasteiger partial charge in [-0.2, -0.15) is 0 Å². The Bertz CT molecular complexity index is 776. The van der Waals surface area contributed by atoms with Gasteiger partial charge in [0, 0.05) is 24.2 Å². The van der Waals surface area contributed by atoms with Gasteiger partial charge in [-0.05, 0) is 72.1 Å². The third kappa shape index (κ3) is 2.21. The molecule has 0 aromatic heterocycles. The molecule has 1 heteroatoms. The molecule has 4 rings (SSSR count). The number of hydrogen-bond donors (Lipinski definition) is 0.